The van der Waals surface area contributed by atoms with Crippen LogP contribution in [0.5, 0.6) is 0 Å². The zero-order valence-corrected chi connectivity index (χ0v) is 12.2. The van der Waals surface area contributed by atoms with E-state index in [0.717, 1.165) is 27.5 Å². The molecule has 0 atom stereocenters. The SMILES string of the molecule is CC(C)Cn1cc(C(=O)CN)c2ccc(Br)cc21. The summed E-state index contributed by atoms with van der Waals surface area (Å²) >= 11 is 3.47. The number of hydrogen-bond donors (Lipinski definition) is 1. The monoisotopic (exact) mass is 308 g/mol. The molecule has 1 aromatic heterocycles. The number of nitrogens with two attached hydrogens (primary N) is 1. The summed E-state index contributed by atoms with van der Waals surface area (Å²) in [5, 5.41) is 0.981. The molecule has 2 N–H and O–H groups in total. The van der Waals surface area contributed by atoms with Crippen LogP contribution in [0.4, 0.5) is 0 Å². The van der Waals surface area contributed by atoms with E-state index in [0.29, 0.717) is 5.92 Å². The van der Waals surface area contributed by atoms with Crippen molar-refractivity contribution in [2.24, 2.45) is 11.7 Å². The number of nitrogens with zero attached hydrogens (tertiary/aromatic N) is 1. The van der Waals surface area contributed by atoms with E-state index in [1.807, 2.05) is 24.4 Å². The van der Waals surface area contributed by atoms with Crippen molar-refractivity contribution in [2.75, 3.05) is 6.54 Å². The first kappa shape index (κ1) is 13.3. The lowest BCUT2D eigenvalue weighted by atomic mass is 10.1. The molecule has 1 heterocycles. The van der Waals surface area contributed by atoms with Crippen LogP contribution in [-0.4, -0.2) is 16.9 Å². The first-order valence-electron chi connectivity index (χ1n) is 6.04. The number of aromatic nitrogens is 1. The Labute approximate surface area is 115 Å². The second-order valence-electron chi connectivity index (χ2n) is 4.88. The normalized spacial score (nSPS) is 11.4. The molecule has 96 valence electrons. The number of carbonyl (C=O) groups is 1. The first-order valence-corrected chi connectivity index (χ1v) is 6.84. The van der Waals surface area contributed by atoms with E-state index in [9.17, 15) is 4.79 Å². The van der Waals surface area contributed by atoms with E-state index in [1.54, 1.807) is 0 Å². The number of benzene rings is 1. The molecular formula is C14H17BrN2O. The smallest absolute Gasteiger partial charge is 0.178 e. The minimum absolute atomic E-state index is 0.00942. The van der Waals surface area contributed by atoms with Crippen molar-refractivity contribution in [1.82, 2.24) is 4.57 Å². The number of rotatable bonds is 4. The number of ketones is 1. The van der Waals surface area contributed by atoms with Gasteiger partial charge in [0.2, 0.25) is 0 Å². The molecule has 0 fully saturated rings. The topological polar surface area (TPSA) is 48.0 Å². The molecular weight excluding hydrogens is 292 g/mol. The Hall–Kier alpha value is -1.13. The summed E-state index contributed by atoms with van der Waals surface area (Å²) in [5.74, 6) is 0.519. The zero-order valence-electron chi connectivity index (χ0n) is 10.6. The fraction of sp³-hybridized carbons (Fsp3) is 0.357. The highest BCUT2D eigenvalue weighted by molar-refractivity contribution is 9.10. The van der Waals surface area contributed by atoms with Crippen LogP contribution in [0.2, 0.25) is 0 Å². The Morgan fingerprint density at radius 1 is 1.44 bits per heavy atom. The molecule has 2 rings (SSSR count). The predicted octanol–water partition coefficient (Wildman–Crippen LogP) is 3.20. The molecule has 0 radical (unpaired) electrons. The van der Waals surface area contributed by atoms with Crippen LogP contribution >= 0.6 is 15.9 Å². The third-order valence-electron chi connectivity index (χ3n) is 2.89. The molecule has 0 aliphatic rings. The third kappa shape index (κ3) is 2.49. The van der Waals surface area contributed by atoms with Crippen LogP contribution < -0.4 is 5.73 Å². The van der Waals surface area contributed by atoms with Crippen LogP contribution in [0.1, 0.15) is 24.2 Å². The molecule has 2 aromatic rings. The van der Waals surface area contributed by atoms with Crippen molar-refractivity contribution in [1.29, 1.82) is 0 Å². The zero-order chi connectivity index (χ0) is 13.3. The van der Waals surface area contributed by atoms with Gasteiger partial charge in [-0.15, -0.1) is 0 Å². The molecule has 0 amide bonds. The molecule has 4 heteroatoms. The molecule has 0 aliphatic heterocycles. The van der Waals surface area contributed by atoms with E-state index in [2.05, 4.69) is 34.3 Å². The average molecular weight is 309 g/mol. The van der Waals surface area contributed by atoms with E-state index >= 15 is 0 Å². The summed E-state index contributed by atoms with van der Waals surface area (Å²) in [6.07, 6.45) is 1.92. The average Bonchev–Trinajstić information content (AvgIpc) is 2.66. The highest BCUT2D eigenvalue weighted by atomic mass is 79.9. The van der Waals surface area contributed by atoms with Gasteiger partial charge >= 0.3 is 0 Å². The Kier molecular flexibility index (Phi) is 3.88. The highest BCUT2D eigenvalue weighted by Gasteiger charge is 2.14. The number of halogens is 1. The van der Waals surface area contributed by atoms with Crippen LogP contribution in [0.3, 0.4) is 0 Å². The summed E-state index contributed by atoms with van der Waals surface area (Å²) in [4.78, 5) is 11.9. The number of Topliss-reactive ketones (excluding diaryl/α,β-unsaturated/α-hetero) is 1. The Balaban J connectivity index is 2.63. The predicted molar refractivity (Wildman–Crippen MR) is 77.9 cm³/mol. The van der Waals surface area contributed by atoms with Gasteiger partial charge in [-0.1, -0.05) is 35.8 Å². The molecule has 0 saturated carbocycles. The molecule has 18 heavy (non-hydrogen) atoms. The van der Waals surface area contributed by atoms with Gasteiger partial charge in [-0.25, -0.2) is 0 Å². The molecule has 0 spiro atoms. The first-order chi connectivity index (χ1) is 8.52. The molecule has 0 aliphatic carbocycles. The lowest BCUT2D eigenvalue weighted by Crippen LogP contribution is -2.13. The Bertz CT molecular complexity index is 587. The second kappa shape index (κ2) is 5.24. The maximum Gasteiger partial charge on any atom is 0.178 e. The van der Waals surface area contributed by atoms with Crippen molar-refractivity contribution < 1.29 is 4.79 Å². The summed E-state index contributed by atoms with van der Waals surface area (Å²) < 4.78 is 3.15. The van der Waals surface area contributed by atoms with Gasteiger partial charge in [-0.2, -0.15) is 0 Å². The summed E-state index contributed by atoms with van der Waals surface area (Å²) in [6.45, 7) is 5.27. The Morgan fingerprint density at radius 3 is 2.78 bits per heavy atom. The van der Waals surface area contributed by atoms with Gasteiger partial charge < -0.3 is 10.3 Å². The molecule has 0 unspecified atom stereocenters. The van der Waals surface area contributed by atoms with Gasteiger partial charge in [0.05, 0.1) is 6.54 Å². The van der Waals surface area contributed by atoms with Gasteiger partial charge in [0.15, 0.2) is 5.78 Å². The highest BCUT2D eigenvalue weighted by Crippen LogP contribution is 2.26. The van der Waals surface area contributed by atoms with Crippen molar-refractivity contribution >= 4 is 32.6 Å². The van der Waals surface area contributed by atoms with Gasteiger partial charge in [0.25, 0.3) is 0 Å². The van der Waals surface area contributed by atoms with Crippen LogP contribution in [0, 0.1) is 5.92 Å². The second-order valence-corrected chi connectivity index (χ2v) is 5.79. The van der Waals surface area contributed by atoms with Crippen molar-refractivity contribution in [3.63, 3.8) is 0 Å². The minimum Gasteiger partial charge on any atom is -0.346 e. The van der Waals surface area contributed by atoms with Crippen molar-refractivity contribution in [3.05, 3.63) is 34.4 Å². The Morgan fingerprint density at radius 2 is 2.17 bits per heavy atom. The van der Waals surface area contributed by atoms with E-state index in [1.165, 1.54) is 0 Å². The van der Waals surface area contributed by atoms with Gasteiger partial charge in [-0.3, -0.25) is 4.79 Å². The number of hydrogen-bond acceptors (Lipinski definition) is 2. The van der Waals surface area contributed by atoms with Crippen molar-refractivity contribution in [2.45, 2.75) is 20.4 Å². The van der Waals surface area contributed by atoms with Crippen LogP contribution in [0.25, 0.3) is 10.9 Å². The lowest BCUT2D eigenvalue weighted by molar-refractivity contribution is 0.100. The standard InChI is InChI=1S/C14H17BrN2O/c1-9(2)7-17-8-12(14(18)6-16)11-4-3-10(15)5-13(11)17/h3-5,8-9H,6-7,16H2,1-2H3. The summed E-state index contributed by atoms with van der Waals surface area (Å²) in [6, 6.07) is 5.97. The number of fused-ring (bicyclic) bond motifs is 1. The minimum atomic E-state index is -0.00942. The van der Waals surface area contributed by atoms with Gasteiger partial charge in [-0.05, 0) is 18.1 Å². The molecule has 0 saturated heterocycles. The van der Waals surface area contributed by atoms with E-state index in [-0.39, 0.29) is 12.3 Å². The fourth-order valence-corrected chi connectivity index (χ4v) is 2.49. The largest absolute Gasteiger partial charge is 0.346 e. The summed E-state index contributed by atoms with van der Waals surface area (Å²) in [7, 11) is 0. The third-order valence-corrected chi connectivity index (χ3v) is 3.39. The van der Waals surface area contributed by atoms with Gasteiger partial charge in [0.1, 0.15) is 0 Å². The summed E-state index contributed by atoms with van der Waals surface area (Å²) in [5.41, 5.74) is 7.27. The maximum absolute atomic E-state index is 11.9. The van der Waals surface area contributed by atoms with Crippen LogP contribution in [-0.2, 0) is 6.54 Å². The fourth-order valence-electron chi connectivity index (χ4n) is 2.14. The van der Waals surface area contributed by atoms with E-state index < -0.39 is 0 Å². The number of carbonyl (C=O) groups excluding carboxylic acids is 1. The van der Waals surface area contributed by atoms with Crippen LogP contribution in [0.15, 0.2) is 28.9 Å². The van der Waals surface area contributed by atoms with E-state index in [4.69, 9.17) is 5.73 Å². The lowest BCUT2D eigenvalue weighted by Gasteiger charge is -2.08. The van der Waals surface area contributed by atoms with Crippen molar-refractivity contribution in [3.8, 4) is 0 Å². The molecule has 0 bridgehead atoms. The molecule has 3 nitrogen and oxygen atoms in total. The quantitative estimate of drug-likeness (QED) is 0.882. The molecule has 1 aromatic carbocycles. The maximum atomic E-state index is 11.9. The van der Waals surface area contributed by atoms with Gasteiger partial charge in [0, 0.05) is 33.7 Å².